The number of aromatic nitrogens is 2. The van der Waals surface area contributed by atoms with Crippen LogP contribution in [0.15, 0.2) is 47.3 Å². The average Bonchev–Trinajstić information content (AvgIpc) is 2.66. The lowest BCUT2D eigenvalue weighted by Crippen LogP contribution is -2.31. The maximum Gasteiger partial charge on any atom is 0.359 e. The first-order valence-electron chi connectivity index (χ1n) is 8.25. The summed E-state index contributed by atoms with van der Waals surface area (Å²) in [6, 6.07) is 8.57. The highest BCUT2D eigenvalue weighted by Crippen LogP contribution is 2.18. The number of amides is 1. The highest BCUT2D eigenvalue weighted by molar-refractivity contribution is 6.02. The molecule has 2 N–H and O–H groups in total. The Balaban J connectivity index is 1.66. The number of rotatable bonds is 5. The molecular formula is C19H15F2N3O4. The van der Waals surface area contributed by atoms with Gasteiger partial charge in [-0.3, -0.25) is 9.59 Å². The molecule has 0 radical (unpaired) electrons. The number of aromatic amines is 1. The lowest BCUT2D eigenvalue weighted by Gasteiger charge is -2.15. The van der Waals surface area contributed by atoms with Crippen LogP contribution >= 0.6 is 0 Å². The van der Waals surface area contributed by atoms with Crippen LogP contribution in [-0.4, -0.2) is 28.7 Å². The summed E-state index contributed by atoms with van der Waals surface area (Å²) < 4.78 is 31.7. The molecule has 0 fully saturated rings. The first-order valence-corrected chi connectivity index (χ1v) is 8.25. The van der Waals surface area contributed by atoms with Gasteiger partial charge in [0.25, 0.3) is 11.5 Å². The number of halogens is 2. The van der Waals surface area contributed by atoms with E-state index in [1.54, 1.807) is 12.1 Å². The Morgan fingerprint density at radius 2 is 1.89 bits per heavy atom. The molecule has 144 valence electrons. The van der Waals surface area contributed by atoms with E-state index in [0.717, 1.165) is 6.07 Å². The van der Waals surface area contributed by atoms with Gasteiger partial charge in [-0.15, -0.1) is 0 Å². The fraction of sp³-hybridized carbons (Fsp3) is 0.158. The van der Waals surface area contributed by atoms with Crippen molar-refractivity contribution >= 4 is 22.6 Å². The van der Waals surface area contributed by atoms with Gasteiger partial charge in [0.15, 0.2) is 12.3 Å². The summed E-state index contributed by atoms with van der Waals surface area (Å²) in [5, 5.41) is 8.88. The summed E-state index contributed by atoms with van der Waals surface area (Å²) in [4.78, 5) is 36.0. The van der Waals surface area contributed by atoms with Crippen molar-refractivity contribution in [3.8, 4) is 0 Å². The quantitative estimate of drug-likeness (QED) is 0.654. The number of nitrogens with zero attached hydrogens (tertiary/aromatic N) is 1. The Bertz CT molecular complexity index is 1110. The van der Waals surface area contributed by atoms with Gasteiger partial charge in [-0.25, -0.2) is 18.7 Å². The molecule has 0 bridgehead atoms. The smallest absolute Gasteiger partial charge is 0.359 e. The van der Waals surface area contributed by atoms with Crippen molar-refractivity contribution in [3.05, 3.63) is 75.7 Å². The normalized spacial score (nSPS) is 11.8. The molecule has 1 amide bonds. The maximum absolute atomic E-state index is 13.8. The van der Waals surface area contributed by atoms with Gasteiger partial charge in [0.2, 0.25) is 0 Å². The summed E-state index contributed by atoms with van der Waals surface area (Å²) in [6.45, 7) is 0.869. The van der Waals surface area contributed by atoms with Crippen molar-refractivity contribution in [1.82, 2.24) is 15.5 Å². The van der Waals surface area contributed by atoms with Crippen molar-refractivity contribution in [1.29, 1.82) is 0 Å². The fourth-order valence-electron chi connectivity index (χ4n) is 2.68. The summed E-state index contributed by atoms with van der Waals surface area (Å²) in [5.41, 5.74) is -0.505. The first-order chi connectivity index (χ1) is 13.4. The molecule has 2 aromatic carbocycles. The summed E-state index contributed by atoms with van der Waals surface area (Å²) >= 11 is 0. The van der Waals surface area contributed by atoms with Crippen LogP contribution in [0.4, 0.5) is 8.78 Å². The van der Waals surface area contributed by atoms with Crippen LogP contribution in [0.25, 0.3) is 10.8 Å². The van der Waals surface area contributed by atoms with Gasteiger partial charge in [0, 0.05) is 17.0 Å². The number of carbonyl (C=O) groups excluding carboxylic acids is 2. The van der Waals surface area contributed by atoms with E-state index in [4.69, 9.17) is 4.74 Å². The van der Waals surface area contributed by atoms with Crippen LogP contribution in [-0.2, 0) is 9.53 Å². The van der Waals surface area contributed by atoms with E-state index in [0.29, 0.717) is 11.5 Å². The number of carbonyl (C=O) groups is 2. The molecule has 1 aromatic heterocycles. The summed E-state index contributed by atoms with van der Waals surface area (Å²) in [7, 11) is 0. The molecule has 7 nitrogen and oxygen atoms in total. The largest absolute Gasteiger partial charge is 0.451 e. The molecule has 28 heavy (non-hydrogen) atoms. The van der Waals surface area contributed by atoms with Crippen LogP contribution in [0.5, 0.6) is 0 Å². The third-order valence-corrected chi connectivity index (χ3v) is 4.03. The molecule has 0 aliphatic heterocycles. The van der Waals surface area contributed by atoms with Crippen LogP contribution in [0.2, 0.25) is 0 Å². The number of H-pyrrole nitrogens is 1. The maximum atomic E-state index is 13.8. The molecule has 1 atom stereocenters. The monoisotopic (exact) mass is 387 g/mol. The molecule has 0 aliphatic rings. The Morgan fingerprint density at radius 3 is 2.61 bits per heavy atom. The average molecular weight is 387 g/mol. The van der Waals surface area contributed by atoms with Gasteiger partial charge in [-0.05, 0) is 19.1 Å². The minimum Gasteiger partial charge on any atom is -0.451 e. The highest BCUT2D eigenvalue weighted by atomic mass is 19.1. The van der Waals surface area contributed by atoms with Crippen LogP contribution in [0.1, 0.15) is 29.0 Å². The van der Waals surface area contributed by atoms with E-state index in [1.807, 2.05) is 0 Å². The number of benzene rings is 2. The van der Waals surface area contributed by atoms with E-state index in [1.165, 1.54) is 25.1 Å². The molecule has 0 saturated heterocycles. The molecule has 0 aliphatic carbocycles. The predicted molar refractivity (Wildman–Crippen MR) is 95.6 cm³/mol. The van der Waals surface area contributed by atoms with Gasteiger partial charge >= 0.3 is 5.97 Å². The van der Waals surface area contributed by atoms with Gasteiger partial charge in [-0.2, -0.15) is 5.10 Å². The molecule has 0 unspecified atom stereocenters. The van der Waals surface area contributed by atoms with Gasteiger partial charge in [0.1, 0.15) is 11.6 Å². The Labute approximate surface area is 157 Å². The minimum atomic E-state index is -0.900. The molecular weight excluding hydrogens is 372 g/mol. The first kappa shape index (κ1) is 19.2. The van der Waals surface area contributed by atoms with Crippen molar-refractivity contribution in [2.45, 2.75) is 13.0 Å². The van der Waals surface area contributed by atoms with E-state index < -0.39 is 41.7 Å². The topological polar surface area (TPSA) is 101 Å². The molecule has 3 aromatic rings. The minimum absolute atomic E-state index is 0.0920. The van der Waals surface area contributed by atoms with E-state index in [2.05, 4.69) is 15.5 Å². The Hall–Kier alpha value is -3.62. The Morgan fingerprint density at radius 1 is 1.18 bits per heavy atom. The van der Waals surface area contributed by atoms with Crippen molar-refractivity contribution in [3.63, 3.8) is 0 Å². The summed E-state index contributed by atoms with van der Waals surface area (Å²) in [6.07, 6.45) is 0. The van der Waals surface area contributed by atoms with E-state index in [-0.39, 0.29) is 16.6 Å². The van der Waals surface area contributed by atoms with Crippen molar-refractivity contribution in [2.24, 2.45) is 0 Å². The number of nitrogens with one attached hydrogen (secondary N) is 2. The number of ether oxygens (including phenoxy) is 1. The SMILES string of the molecule is C[C@@H](NC(=O)COC(=O)c1n[nH]c(=O)c2ccccc12)c1ccc(F)cc1F. The number of hydrogen-bond donors (Lipinski definition) is 2. The number of hydrogen-bond acceptors (Lipinski definition) is 5. The molecule has 1 heterocycles. The summed E-state index contributed by atoms with van der Waals surface area (Å²) in [5.74, 6) is -3.11. The van der Waals surface area contributed by atoms with Crippen molar-refractivity contribution < 1.29 is 23.1 Å². The van der Waals surface area contributed by atoms with E-state index >= 15 is 0 Å². The second-order valence-corrected chi connectivity index (χ2v) is 5.98. The standard InChI is InChI=1S/C19H15F2N3O4/c1-10(12-7-6-11(20)8-15(12)21)22-16(25)9-28-19(27)17-13-4-2-3-5-14(13)18(26)24-23-17/h2-8,10H,9H2,1H3,(H,22,25)(H,24,26)/t10-/m1/s1. The highest BCUT2D eigenvalue weighted by Gasteiger charge is 2.19. The van der Waals surface area contributed by atoms with Crippen LogP contribution in [0.3, 0.4) is 0 Å². The van der Waals surface area contributed by atoms with Crippen LogP contribution in [0, 0.1) is 11.6 Å². The third-order valence-electron chi connectivity index (χ3n) is 4.03. The second kappa shape index (κ2) is 7.95. The molecule has 0 spiro atoms. The third kappa shape index (κ3) is 4.03. The molecule has 0 saturated carbocycles. The second-order valence-electron chi connectivity index (χ2n) is 5.98. The van der Waals surface area contributed by atoms with Gasteiger partial charge < -0.3 is 10.1 Å². The van der Waals surface area contributed by atoms with Crippen molar-refractivity contribution in [2.75, 3.05) is 6.61 Å². The zero-order chi connectivity index (χ0) is 20.3. The zero-order valence-corrected chi connectivity index (χ0v) is 14.7. The Kier molecular flexibility index (Phi) is 5.44. The molecule has 9 heteroatoms. The van der Waals surface area contributed by atoms with E-state index in [9.17, 15) is 23.2 Å². The molecule has 3 rings (SSSR count). The van der Waals surface area contributed by atoms with Gasteiger partial charge in [0.05, 0.1) is 11.4 Å². The lowest BCUT2D eigenvalue weighted by molar-refractivity contribution is -0.124. The predicted octanol–water partition coefficient (Wildman–Crippen LogP) is 2.24. The lowest BCUT2D eigenvalue weighted by atomic mass is 10.1. The zero-order valence-electron chi connectivity index (χ0n) is 14.7. The van der Waals surface area contributed by atoms with Gasteiger partial charge in [-0.1, -0.05) is 24.3 Å². The number of fused-ring (bicyclic) bond motifs is 1. The number of esters is 1. The van der Waals surface area contributed by atoms with Crippen LogP contribution < -0.4 is 10.9 Å². The fourth-order valence-corrected chi connectivity index (χ4v) is 2.68.